The third-order valence-corrected chi connectivity index (χ3v) is 4.12. The molecule has 3 heteroatoms. The van der Waals surface area contributed by atoms with Crippen molar-refractivity contribution in [3.05, 3.63) is 53.5 Å². The molecule has 0 aliphatic heterocycles. The summed E-state index contributed by atoms with van der Waals surface area (Å²) in [6.45, 7) is 2.20. The summed E-state index contributed by atoms with van der Waals surface area (Å²) in [5, 5.41) is 3.71. The van der Waals surface area contributed by atoms with Gasteiger partial charge in [-0.3, -0.25) is 0 Å². The molecule has 1 N–H and O–H groups in total. The number of benzene rings is 1. The van der Waals surface area contributed by atoms with Crippen molar-refractivity contribution in [3.63, 3.8) is 0 Å². The van der Waals surface area contributed by atoms with E-state index in [4.69, 9.17) is 9.15 Å². The summed E-state index contributed by atoms with van der Waals surface area (Å²) >= 11 is 0. The molecule has 2 aromatic rings. The minimum atomic E-state index is 0.312. The van der Waals surface area contributed by atoms with Crippen molar-refractivity contribution in [2.75, 3.05) is 7.11 Å². The number of ether oxygens (including phenoxy) is 1. The summed E-state index contributed by atoms with van der Waals surface area (Å²) in [7, 11) is 1.69. The first-order chi connectivity index (χ1) is 9.78. The van der Waals surface area contributed by atoms with Gasteiger partial charge >= 0.3 is 0 Å². The van der Waals surface area contributed by atoms with Crippen LogP contribution >= 0.6 is 0 Å². The molecule has 1 aromatic carbocycles. The van der Waals surface area contributed by atoms with E-state index >= 15 is 0 Å². The van der Waals surface area contributed by atoms with Crippen LogP contribution in [-0.2, 0) is 6.42 Å². The average Bonchev–Trinajstić information content (AvgIpc) is 2.97. The Labute approximate surface area is 119 Å². The molecule has 0 spiro atoms. The van der Waals surface area contributed by atoms with Gasteiger partial charge in [0.05, 0.1) is 13.4 Å². The van der Waals surface area contributed by atoms with Gasteiger partial charge in [0.25, 0.3) is 0 Å². The molecule has 0 amide bonds. The molecule has 2 atom stereocenters. The highest BCUT2D eigenvalue weighted by molar-refractivity contribution is 5.30. The number of rotatable bonds is 4. The van der Waals surface area contributed by atoms with Gasteiger partial charge in [0.15, 0.2) is 0 Å². The molecule has 0 fully saturated rings. The van der Waals surface area contributed by atoms with Crippen LogP contribution in [0.2, 0.25) is 0 Å². The number of methoxy groups -OCH3 is 1. The monoisotopic (exact) mass is 271 g/mol. The van der Waals surface area contributed by atoms with Gasteiger partial charge in [-0.2, -0.15) is 0 Å². The van der Waals surface area contributed by atoms with Gasteiger partial charge in [0, 0.05) is 24.1 Å². The molecule has 1 heterocycles. The molecule has 0 saturated heterocycles. The van der Waals surface area contributed by atoms with Gasteiger partial charge in [-0.1, -0.05) is 12.1 Å². The molecule has 106 valence electrons. The summed E-state index contributed by atoms with van der Waals surface area (Å²) < 4.78 is 10.7. The van der Waals surface area contributed by atoms with Gasteiger partial charge in [0.2, 0.25) is 0 Å². The highest BCUT2D eigenvalue weighted by Crippen LogP contribution is 2.32. The zero-order valence-corrected chi connectivity index (χ0v) is 12.1. The Bertz CT molecular complexity index is 559. The second-order valence-electron chi connectivity index (χ2n) is 5.41. The molecule has 1 unspecified atom stereocenters. The van der Waals surface area contributed by atoms with Gasteiger partial charge < -0.3 is 14.5 Å². The molecule has 0 bridgehead atoms. The Morgan fingerprint density at radius 3 is 2.80 bits per heavy atom. The van der Waals surface area contributed by atoms with E-state index < -0.39 is 0 Å². The van der Waals surface area contributed by atoms with Gasteiger partial charge in [-0.05, 0) is 43.5 Å². The summed E-state index contributed by atoms with van der Waals surface area (Å²) in [6, 6.07) is 11.1. The number of furan rings is 1. The van der Waals surface area contributed by atoms with E-state index in [1.165, 1.54) is 24.0 Å². The fourth-order valence-electron chi connectivity index (χ4n) is 2.95. The van der Waals surface area contributed by atoms with Crippen LogP contribution in [0.4, 0.5) is 0 Å². The van der Waals surface area contributed by atoms with Crippen LogP contribution in [-0.4, -0.2) is 7.11 Å². The number of fused-ring (bicyclic) bond motifs is 1. The number of hydrogen-bond donors (Lipinski definition) is 1. The molecule has 3 nitrogen and oxygen atoms in total. The lowest BCUT2D eigenvalue weighted by molar-refractivity contribution is 0.385. The number of aryl methyl sites for hydroxylation is 1. The van der Waals surface area contributed by atoms with E-state index in [1.54, 1.807) is 7.11 Å². The minimum Gasteiger partial charge on any atom is -0.497 e. The van der Waals surface area contributed by atoms with Crippen LogP contribution in [0.3, 0.4) is 0 Å². The molecule has 0 saturated carbocycles. The maximum absolute atomic E-state index is 5.55. The summed E-state index contributed by atoms with van der Waals surface area (Å²) in [6.07, 6.45) is 5.24. The third-order valence-electron chi connectivity index (χ3n) is 4.12. The van der Waals surface area contributed by atoms with E-state index in [1.807, 2.05) is 18.4 Å². The number of hydrogen-bond acceptors (Lipinski definition) is 3. The lowest BCUT2D eigenvalue weighted by atomic mass is 9.92. The van der Waals surface area contributed by atoms with Crippen molar-refractivity contribution in [2.24, 2.45) is 0 Å². The Balaban J connectivity index is 1.71. The molecule has 1 aliphatic carbocycles. The van der Waals surface area contributed by atoms with Crippen molar-refractivity contribution in [1.29, 1.82) is 0 Å². The van der Waals surface area contributed by atoms with E-state index in [9.17, 15) is 0 Å². The lowest BCUT2D eigenvalue weighted by Gasteiger charge is -2.26. The topological polar surface area (TPSA) is 34.4 Å². The minimum absolute atomic E-state index is 0.312. The normalized spacial score (nSPS) is 19.4. The third kappa shape index (κ3) is 2.59. The summed E-state index contributed by atoms with van der Waals surface area (Å²) in [4.78, 5) is 0. The van der Waals surface area contributed by atoms with Crippen LogP contribution in [0.25, 0.3) is 0 Å². The molecule has 1 aromatic heterocycles. The second kappa shape index (κ2) is 5.71. The maximum atomic E-state index is 5.55. The van der Waals surface area contributed by atoms with Crippen LogP contribution in [0.5, 0.6) is 5.75 Å². The fourth-order valence-corrected chi connectivity index (χ4v) is 2.95. The van der Waals surface area contributed by atoms with Crippen molar-refractivity contribution in [2.45, 2.75) is 38.3 Å². The number of nitrogens with one attached hydrogen (secondary N) is 1. The Hall–Kier alpha value is -1.74. The lowest BCUT2D eigenvalue weighted by Crippen LogP contribution is -2.27. The van der Waals surface area contributed by atoms with Gasteiger partial charge in [-0.15, -0.1) is 0 Å². The van der Waals surface area contributed by atoms with Crippen molar-refractivity contribution in [1.82, 2.24) is 5.32 Å². The molecule has 20 heavy (non-hydrogen) atoms. The maximum Gasteiger partial charge on any atom is 0.118 e. The Morgan fingerprint density at radius 2 is 2.05 bits per heavy atom. The molecule has 1 aliphatic rings. The predicted octanol–water partition coefficient (Wildman–Crippen LogP) is 4.02. The van der Waals surface area contributed by atoms with Crippen molar-refractivity contribution >= 4 is 0 Å². The van der Waals surface area contributed by atoms with Crippen LogP contribution in [0, 0.1) is 0 Å². The van der Waals surface area contributed by atoms with E-state index in [0.29, 0.717) is 12.1 Å². The average molecular weight is 271 g/mol. The quantitative estimate of drug-likeness (QED) is 0.912. The first-order valence-corrected chi connectivity index (χ1v) is 7.24. The fraction of sp³-hybridized carbons (Fsp3) is 0.412. The van der Waals surface area contributed by atoms with Gasteiger partial charge in [0.1, 0.15) is 11.5 Å². The molecular formula is C17H21NO2. The van der Waals surface area contributed by atoms with E-state index in [2.05, 4.69) is 30.4 Å². The van der Waals surface area contributed by atoms with Gasteiger partial charge in [-0.25, -0.2) is 0 Å². The van der Waals surface area contributed by atoms with Crippen LogP contribution in [0.15, 0.2) is 41.0 Å². The Morgan fingerprint density at radius 1 is 1.25 bits per heavy atom. The first kappa shape index (κ1) is 13.3. The van der Waals surface area contributed by atoms with Crippen molar-refractivity contribution < 1.29 is 9.15 Å². The first-order valence-electron chi connectivity index (χ1n) is 7.24. The Kier molecular flexibility index (Phi) is 3.79. The molecule has 3 rings (SSSR count). The molecular weight excluding hydrogens is 250 g/mol. The summed E-state index contributed by atoms with van der Waals surface area (Å²) in [5.74, 6) is 2.05. The van der Waals surface area contributed by atoms with Crippen LogP contribution in [0.1, 0.15) is 48.7 Å². The zero-order valence-electron chi connectivity index (χ0n) is 12.1. The largest absolute Gasteiger partial charge is 0.497 e. The van der Waals surface area contributed by atoms with Crippen LogP contribution < -0.4 is 10.1 Å². The highest BCUT2D eigenvalue weighted by Gasteiger charge is 2.23. The second-order valence-corrected chi connectivity index (χ2v) is 5.41. The van der Waals surface area contributed by atoms with E-state index in [0.717, 1.165) is 17.9 Å². The van der Waals surface area contributed by atoms with E-state index in [-0.39, 0.29) is 0 Å². The standard InChI is InChI=1S/C17H21NO2/c1-12(13-6-8-14(19-2)9-7-13)18-16-4-3-5-17-15(16)10-11-20-17/h6-12,16,18H,3-5H2,1-2H3/t12-,16?/m1/s1. The van der Waals surface area contributed by atoms with Crippen molar-refractivity contribution in [3.8, 4) is 5.75 Å². The summed E-state index contributed by atoms with van der Waals surface area (Å²) in [5.41, 5.74) is 2.61. The molecule has 0 radical (unpaired) electrons. The predicted molar refractivity (Wildman–Crippen MR) is 78.9 cm³/mol. The highest BCUT2D eigenvalue weighted by atomic mass is 16.5. The smallest absolute Gasteiger partial charge is 0.118 e. The zero-order chi connectivity index (χ0) is 13.9. The SMILES string of the molecule is COc1ccc([C@@H](C)NC2CCCc3occc32)cc1.